The van der Waals surface area contributed by atoms with Crippen molar-refractivity contribution in [2.75, 3.05) is 5.32 Å². The lowest BCUT2D eigenvalue weighted by Crippen LogP contribution is -2.12. The molecule has 0 atom stereocenters. The van der Waals surface area contributed by atoms with Gasteiger partial charge < -0.3 is 5.32 Å². The Kier molecular flexibility index (Phi) is 4.51. The van der Waals surface area contributed by atoms with Gasteiger partial charge in [-0.2, -0.15) is 0 Å². The lowest BCUT2D eigenvalue weighted by Gasteiger charge is -2.09. The molecule has 5 aromatic rings. The van der Waals surface area contributed by atoms with Gasteiger partial charge in [0.25, 0.3) is 5.91 Å². The third-order valence-electron chi connectivity index (χ3n) is 4.77. The molecule has 0 unspecified atom stereocenters. The molecule has 1 heterocycles. The molecule has 4 aromatic carbocycles. The Morgan fingerprint density at radius 1 is 0.862 bits per heavy atom. The van der Waals surface area contributed by atoms with Gasteiger partial charge in [-0.3, -0.25) is 4.79 Å². The number of thiazole rings is 1. The van der Waals surface area contributed by atoms with E-state index in [-0.39, 0.29) is 5.91 Å². The number of para-hydroxylation sites is 1. The van der Waals surface area contributed by atoms with Crippen LogP contribution in [0.5, 0.6) is 0 Å². The molecule has 0 aliphatic rings. The third kappa shape index (κ3) is 3.37. The summed E-state index contributed by atoms with van der Waals surface area (Å²) in [7, 11) is 0. The van der Waals surface area contributed by atoms with Crippen LogP contribution in [0.2, 0.25) is 5.02 Å². The topological polar surface area (TPSA) is 42.0 Å². The summed E-state index contributed by atoms with van der Waals surface area (Å²) >= 11 is 7.92. The molecule has 1 N–H and O–H groups in total. The molecule has 0 aliphatic heterocycles. The number of nitrogens with zero attached hydrogens (tertiary/aromatic N) is 1. The molecule has 0 aliphatic carbocycles. The van der Waals surface area contributed by atoms with Crippen molar-refractivity contribution >= 4 is 55.5 Å². The number of fused-ring (bicyclic) bond motifs is 2. The van der Waals surface area contributed by atoms with Gasteiger partial charge in [-0.05, 0) is 41.8 Å². The fraction of sp³-hybridized carbons (Fsp3) is 0. The van der Waals surface area contributed by atoms with Crippen molar-refractivity contribution in [3.8, 4) is 10.6 Å². The average molecular weight is 415 g/mol. The van der Waals surface area contributed by atoms with Gasteiger partial charge in [-0.1, -0.05) is 60.1 Å². The Labute approximate surface area is 176 Å². The van der Waals surface area contributed by atoms with Crippen LogP contribution < -0.4 is 5.32 Å². The highest BCUT2D eigenvalue weighted by Crippen LogP contribution is 2.31. The van der Waals surface area contributed by atoms with Crippen LogP contribution in [-0.2, 0) is 0 Å². The summed E-state index contributed by atoms with van der Waals surface area (Å²) in [5, 5.41) is 6.27. The van der Waals surface area contributed by atoms with Crippen LogP contribution in [0.25, 0.3) is 31.6 Å². The van der Waals surface area contributed by atoms with Crippen molar-refractivity contribution in [1.82, 2.24) is 4.98 Å². The second-order valence-electron chi connectivity index (χ2n) is 6.66. The van der Waals surface area contributed by atoms with E-state index >= 15 is 0 Å². The minimum atomic E-state index is -0.167. The van der Waals surface area contributed by atoms with E-state index in [1.807, 2.05) is 78.9 Å². The van der Waals surface area contributed by atoms with Crippen molar-refractivity contribution in [3.05, 3.63) is 95.5 Å². The quantitative estimate of drug-likeness (QED) is 0.344. The molecular weight excluding hydrogens is 400 g/mol. The van der Waals surface area contributed by atoms with E-state index in [4.69, 9.17) is 16.6 Å². The van der Waals surface area contributed by atoms with Gasteiger partial charge in [0.1, 0.15) is 5.01 Å². The number of anilines is 1. The number of hydrogen-bond acceptors (Lipinski definition) is 3. The van der Waals surface area contributed by atoms with Crippen LogP contribution in [0.4, 0.5) is 5.69 Å². The summed E-state index contributed by atoms with van der Waals surface area (Å²) in [5.41, 5.74) is 3.28. The number of rotatable bonds is 3. The Morgan fingerprint density at radius 2 is 1.66 bits per heavy atom. The highest BCUT2D eigenvalue weighted by Gasteiger charge is 2.12. The van der Waals surface area contributed by atoms with E-state index in [1.54, 1.807) is 11.3 Å². The van der Waals surface area contributed by atoms with Crippen molar-refractivity contribution in [2.24, 2.45) is 0 Å². The maximum absolute atomic E-state index is 13.0. The summed E-state index contributed by atoms with van der Waals surface area (Å²) in [6, 6.07) is 27.0. The standard InChI is InChI=1S/C24H15ClN2OS/c25-20-11-5-8-17-18(20)9-4-10-19(17)23(28)26-16-7-3-6-15(14-16)24-27-21-12-1-2-13-22(21)29-24/h1-14H,(H,26,28). The zero-order chi connectivity index (χ0) is 19.8. The molecule has 0 fully saturated rings. The van der Waals surface area contributed by atoms with Gasteiger partial charge in [0.2, 0.25) is 0 Å². The lowest BCUT2D eigenvalue weighted by molar-refractivity contribution is 0.102. The zero-order valence-corrected chi connectivity index (χ0v) is 16.8. The second kappa shape index (κ2) is 7.32. The van der Waals surface area contributed by atoms with E-state index in [0.717, 1.165) is 37.2 Å². The summed E-state index contributed by atoms with van der Waals surface area (Å²) < 4.78 is 1.14. The normalized spacial score (nSPS) is 11.1. The molecule has 0 spiro atoms. The maximum atomic E-state index is 13.0. The van der Waals surface area contributed by atoms with Crippen molar-refractivity contribution in [3.63, 3.8) is 0 Å². The smallest absolute Gasteiger partial charge is 0.256 e. The second-order valence-corrected chi connectivity index (χ2v) is 8.10. The summed E-state index contributed by atoms with van der Waals surface area (Å²) in [6.07, 6.45) is 0. The van der Waals surface area contributed by atoms with Crippen molar-refractivity contribution in [1.29, 1.82) is 0 Å². The molecule has 5 heteroatoms. The van der Waals surface area contributed by atoms with Crippen LogP contribution in [0.3, 0.4) is 0 Å². The summed E-state index contributed by atoms with van der Waals surface area (Å²) in [5.74, 6) is -0.167. The van der Waals surface area contributed by atoms with Gasteiger partial charge in [-0.25, -0.2) is 4.98 Å². The minimum absolute atomic E-state index is 0.167. The number of amides is 1. The Balaban J connectivity index is 1.48. The first-order valence-electron chi connectivity index (χ1n) is 9.14. The molecule has 0 bridgehead atoms. The van der Waals surface area contributed by atoms with E-state index in [0.29, 0.717) is 10.6 Å². The molecule has 0 saturated heterocycles. The fourth-order valence-electron chi connectivity index (χ4n) is 3.39. The lowest BCUT2D eigenvalue weighted by atomic mass is 10.0. The van der Waals surface area contributed by atoms with E-state index < -0.39 is 0 Å². The minimum Gasteiger partial charge on any atom is -0.322 e. The van der Waals surface area contributed by atoms with E-state index in [1.165, 1.54) is 0 Å². The van der Waals surface area contributed by atoms with Crippen LogP contribution in [0.1, 0.15) is 10.4 Å². The van der Waals surface area contributed by atoms with Crippen molar-refractivity contribution < 1.29 is 4.79 Å². The number of aromatic nitrogens is 1. The molecular formula is C24H15ClN2OS. The number of nitrogens with one attached hydrogen (secondary N) is 1. The van der Waals surface area contributed by atoms with Gasteiger partial charge in [0.05, 0.1) is 10.2 Å². The van der Waals surface area contributed by atoms with Gasteiger partial charge in [0.15, 0.2) is 0 Å². The largest absolute Gasteiger partial charge is 0.322 e. The summed E-state index contributed by atoms with van der Waals surface area (Å²) in [4.78, 5) is 17.7. The predicted octanol–water partition coefficient (Wildman–Crippen LogP) is 7.02. The van der Waals surface area contributed by atoms with Gasteiger partial charge >= 0.3 is 0 Å². The predicted molar refractivity (Wildman–Crippen MR) is 122 cm³/mol. The molecule has 3 nitrogen and oxygen atoms in total. The third-order valence-corrected chi connectivity index (χ3v) is 6.19. The number of hydrogen-bond donors (Lipinski definition) is 1. The first-order valence-corrected chi connectivity index (χ1v) is 10.3. The van der Waals surface area contributed by atoms with Crippen LogP contribution >= 0.6 is 22.9 Å². The molecule has 140 valence electrons. The number of carbonyl (C=O) groups excluding carboxylic acids is 1. The molecule has 1 amide bonds. The highest BCUT2D eigenvalue weighted by atomic mass is 35.5. The molecule has 5 rings (SSSR count). The van der Waals surface area contributed by atoms with Crippen LogP contribution in [0, 0.1) is 0 Å². The molecule has 0 saturated carbocycles. The Morgan fingerprint density at radius 3 is 2.55 bits per heavy atom. The first kappa shape index (κ1) is 17.9. The molecule has 0 radical (unpaired) electrons. The Bertz CT molecular complexity index is 1340. The number of carbonyl (C=O) groups is 1. The SMILES string of the molecule is O=C(Nc1cccc(-c2nc3ccccc3s2)c1)c1cccc2c(Cl)cccc12. The average Bonchev–Trinajstić information content (AvgIpc) is 3.18. The van der Waals surface area contributed by atoms with E-state index in [2.05, 4.69) is 11.4 Å². The molecule has 1 aromatic heterocycles. The monoisotopic (exact) mass is 414 g/mol. The van der Waals surface area contributed by atoms with Crippen molar-refractivity contribution in [2.45, 2.75) is 0 Å². The molecule has 29 heavy (non-hydrogen) atoms. The number of benzene rings is 4. The summed E-state index contributed by atoms with van der Waals surface area (Å²) in [6.45, 7) is 0. The zero-order valence-electron chi connectivity index (χ0n) is 15.2. The van der Waals surface area contributed by atoms with E-state index in [9.17, 15) is 4.79 Å². The van der Waals surface area contributed by atoms with Gasteiger partial charge in [-0.15, -0.1) is 11.3 Å². The highest BCUT2D eigenvalue weighted by molar-refractivity contribution is 7.21. The maximum Gasteiger partial charge on any atom is 0.256 e. The van der Waals surface area contributed by atoms with Crippen LogP contribution in [-0.4, -0.2) is 10.9 Å². The first-order chi connectivity index (χ1) is 14.2. The van der Waals surface area contributed by atoms with Crippen LogP contribution in [0.15, 0.2) is 84.9 Å². The Hall–Kier alpha value is -3.21. The number of halogens is 1. The van der Waals surface area contributed by atoms with Gasteiger partial charge in [0, 0.05) is 27.2 Å². The fourth-order valence-corrected chi connectivity index (χ4v) is 4.59.